The quantitative estimate of drug-likeness (QED) is 0.574. The van der Waals surface area contributed by atoms with Crippen molar-refractivity contribution in [3.05, 3.63) is 41.7 Å². The number of nitrogens with zero attached hydrogens (tertiary/aromatic N) is 3. The molecule has 0 amide bonds. The van der Waals surface area contributed by atoms with E-state index >= 15 is 0 Å². The van der Waals surface area contributed by atoms with Crippen LogP contribution in [0.25, 0.3) is 0 Å². The van der Waals surface area contributed by atoms with Gasteiger partial charge in [-0.2, -0.15) is 5.26 Å². The third-order valence-corrected chi connectivity index (χ3v) is 3.34. The van der Waals surface area contributed by atoms with Gasteiger partial charge in [0.25, 0.3) is 0 Å². The van der Waals surface area contributed by atoms with Crippen LogP contribution in [0.15, 0.2) is 30.3 Å². The summed E-state index contributed by atoms with van der Waals surface area (Å²) in [6.45, 7) is 0. The fraction of sp³-hybridized carbons (Fsp3) is 0.267. The number of nitrogens with two attached hydrogens (primary N) is 1. The topological polar surface area (TPSA) is 99.7 Å². The smallest absolute Gasteiger partial charge is 0.145 e. The maximum Gasteiger partial charge on any atom is 0.145 e. The summed E-state index contributed by atoms with van der Waals surface area (Å²) >= 11 is 0. The number of anilines is 3. The van der Waals surface area contributed by atoms with Crippen molar-refractivity contribution in [3.63, 3.8) is 0 Å². The van der Waals surface area contributed by atoms with Gasteiger partial charge in [0.05, 0.1) is 12.5 Å². The second-order valence-corrected chi connectivity index (χ2v) is 5.07. The van der Waals surface area contributed by atoms with Gasteiger partial charge >= 0.3 is 0 Å². The molecule has 1 aromatic heterocycles. The van der Waals surface area contributed by atoms with E-state index < -0.39 is 0 Å². The lowest BCUT2D eigenvalue weighted by Gasteiger charge is -2.09. The van der Waals surface area contributed by atoms with Crippen LogP contribution in [0, 0.1) is 11.3 Å². The summed E-state index contributed by atoms with van der Waals surface area (Å²) in [6.07, 6.45) is 2.69. The van der Waals surface area contributed by atoms with Gasteiger partial charge in [-0.1, -0.05) is 12.1 Å². The van der Waals surface area contributed by atoms with Gasteiger partial charge in [0.1, 0.15) is 17.5 Å². The molecule has 0 spiro atoms. The molecule has 4 N–H and O–H groups in total. The average molecular weight is 280 g/mol. The SMILES string of the molecule is N#CCc1ccc(Nc2cc(NN)nc(C3CC3)n2)cc1. The van der Waals surface area contributed by atoms with Crippen LogP contribution < -0.4 is 16.6 Å². The van der Waals surface area contributed by atoms with Gasteiger partial charge in [0.2, 0.25) is 0 Å². The Labute approximate surface area is 123 Å². The molecule has 106 valence electrons. The number of rotatable bonds is 5. The summed E-state index contributed by atoms with van der Waals surface area (Å²) in [5, 5.41) is 11.9. The Balaban J connectivity index is 1.80. The molecule has 6 nitrogen and oxygen atoms in total. The molecule has 0 radical (unpaired) electrons. The van der Waals surface area contributed by atoms with Crippen LogP contribution in [-0.2, 0) is 6.42 Å². The molecule has 0 saturated heterocycles. The van der Waals surface area contributed by atoms with E-state index in [4.69, 9.17) is 11.1 Å². The molecule has 1 aliphatic carbocycles. The summed E-state index contributed by atoms with van der Waals surface area (Å²) in [7, 11) is 0. The van der Waals surface area contributed by atoms with E-state index in [1.54, 1.807) is 6.07 Å². The lowest BCUT2D eigenvalue weighted by Crippen LogP contribution is -2.11. The van der Waals surface area contributed by atoms with Gasteiger partial charge < -0.3 is 10.7 Å². The minimum atomic E-state index is 0.418. The Morgan fingerprint density at radius 3 is 2.52 bits per heavy atom. The predicted octanol–water partition coefficient (Wildman–Crippen LogP) is 2.45. The normalized spacial score (nSPS) is 13.5. The zero-order valence-electron chi connectivity index (χ0n) is 11.5. The number of nitrogen functional groups attached to an aromatic ring is 1. The Morgan fingerprint density at radius 1 is 1.19 bits per heavy atom. The van der Waals surface area contributed by atoms with Crippen LogP contribution in [0.1, 0.15) is 30.1 Å². The molecule has 0 bridgehead atoms. The first kappa shape index (κ1) is 13.3. The molecule has 0 atom stereocenters. The number of nitrogens with one attached hydrogen (secondary N) is 2. The van der Waals surface area contributed by atoms with Gasteiger partial charge in [-0.3, -0.25) is 0 Å². The highest BCUT2D eigenvalue weighted by Crippen LogP contribution is 2.39. The van der Waals surface area contributed by atoms with Gasteiger partial charge in [-0.15, -0.1) is 0 Å². The lowest BCUT2D eigenvalue weighted by atomic mass is 10.1. The Hall–Kier alpha value is -2.65. The highest BCUT2D eigenvalue weighted by molar-refractivity contribution is 5.59. The van der Waals surface area contributed by atoms with Crippen molar-refractivity contribution in [3.8, 4) is 6.07 Å². The molecule has 1 saturated carbocycles. The summed E-state index contributed by atoms with van der Waals surface area (Å²) in [5.41, 5.74) is 4.49. The first-order valence-corrected chi connectivity index (χ1v) is 6.87. The van der Waals surface area contributed by atoms with Crippen molar-refractivity contribution in [1.82, 2.24) is 9.97 Å². The van der Waals surface area contributed by atoms with E-state index in [0.717, 1.165) is 29.9 Å². The maximum atomic E-state index is 8.67. The number of benzene rings is 1. The Bertz CT molecular complexity index is 670. The Kier molecular flexibility index (Phi) is 3.67. The van der Waals surface area contributed by atoms with Gasteiger partial charge in [0, 0.05) is 17.7 Å². The third kappa shape index (κ3) is 3.27. The average Bonchev–Trinajstić information content (AvgIpc) is 3.34. The largest absolute Gasteiger partial charge is 0.340 e. The summed E-state index contributed by atoms with van der Waals surface area (Å²) in [4.78, 5) is 8.90. The number of hydrazine groups is 1. The monoisotopic (exact) mass is 280 g/mol. The van der Waals surface area contributed by atoms with E-state index in [0.29, 0.717) is 24.0 Å². The molecule has 0 aliphatic heterocycles. The predicted molar refractivity (Wildman–Crippen MR) is 80.9 cm³/mol. The van der Waals surface area contributed by atoms with Crippen LogP contribution in [0.2, 0.25) is 0 Å². The van der Waals surface area contributed by atoms with Crippen molar-refractivity contribution in [1.29, 1.82) is 5.26 Å². The molecule has 21 heavy (non-hydrogen) atoms. The van der Waals surface area contributed by atoms with E-state index in [-0.39, 0.29) is 0 Å². The van der Waals surface area contributed by atoms with Crippen LogP contribution in [0.5, 0.6) is 0 Å². The molecule has 1 aliphatic rings. The van der Waals surface area contributed by atoms with Crippen molar-refractivity contribution >= 4 is 17.3 Å². The third-order valence-electron chi connectivity index (χ3n) is 3.34. The molecule has 6 heteroatoms. The van der Waals surface area contributed by atoms with Crippen molar-refractivity contribution in [2.24, 2.45) is 5.84 Å². The van der Waals surface area contributed by atoms with Crippen molar-refractivity contribution in [2.45, 2.75) is 25.2 Å². The highest BCUT2D eigenvalue weighted by Gasteiger charge is 2.27. The second-order valence-electron chi connectivity index (χ2n) is 5.07. The van der Waals surface area contributed by atoms with Crippen LogP contribution in [0.4, 0.5) is 17.3 Å². The number of hydrogen-bond donors (Lipinski definition) is 3. The van der Waals surface area contributed by atoms with Gasteiger partial charge in [-0.25, -0.2) is 15.8 Å². The van der Waals surface area contributed by atoms with Crippen molar-refractivity contribution in [2.75, 3.05) is 10.7 Å². The van der Waals surface area contributed by atoms with E-state index in [2.05, 4.69) is 26.8 Å². The Morgan fingerprint density at radius 2 is 1.90 bits per heavy atom. The first-order valence-electron chi connectivity index (χ1n) is 6.87. The fourth-order valence-electron chi connectivity index (χ4n) is 2.07. The molecule has 1 fully saturated rings. The molecular formula is C15H16N6. The first-order chi connectivity index (χ1) is 10.3. The molecule has 1 heterocycles. The number of aromatic nitrogens is 2. The summed E-state index contributed by atoms with van der Waals surface area (Å²) in [6, 6.07) is 11.6. The lowest BCUT2D eigenvalue weighted by molar-refractivity contribution is 0.929. The standard InChI is InChI=1S/C15H16N6/c16-8-7-10-1-5-12(6-2-10)18-13-9-14(21-17)20-15(19-13)11-3-4-11/h1-2,5-6,9,11H,3-4,7,17H2,(H2,18,19,20,21). The van der Waals surface area contributed by atoms with E-state index in [1.807, 2.05) is 24.3 Å². The zero-order valence-corrected chi connectivity index (χ0v) is 11.5. The number of hydrogen-bond acceptors (Lipinski definition) is 6. The van der Waals surface area contributed by atoms with Crippen LogP contribution >= 0.6 is 0 Å². The van der Waals surface area contributed by atoms with E-state index in [1.165, 1.54) is 0 Å². The second kappa shape index (κ2) is 5.77. The molecule has 2 aromatic rings. The summed E-state index contributed by atoms with van der Waals surface area (Å²) in [5.74, 6) is 8.06. The van der Waals surface area contributed by atoms with Crippen LogP contribution in [-0.4, -0.2) is 9.97 Å². The summed E-state index contributed by atoms with van der Waals surface area (Å²) < 4.78 is 0. The molecule has 0 unspecified atom stereocenters. The van der Waals surface area contributed by atoms with Gasteiger partial charge in [-0.05, 0) is 30.5 Å². The molecule has 1 aromatic carbocycles. The van der Waals surface area contributed by atoms with Crippen LogP contribution in [0.3, 0.4) is 0 Å². The minimum absolute atomic E-state index is 0.418. The molecular weight excluding hydrogens is 264 g/mol. The van der Waals surface area contributed by atoms with E-state index in [9.17, 15) is 0 Å². The fourth-order valence-corrected chi connectivity index (χ4v) is 2.07. The maximum absolute atomic E-state index is 8.67. The van der Waals surface area contributed by atoms with Crippen molar-refractivity contribution < 1.29 is 0 Å². The zero-order chi connectivity index (χ0) is 14.7. The number of nitriles is 1. The minimum Gasteiger partial charge on any atom is -0.340 e. The molecule has 3 rings (SSSR count). The highest BCUT2D eigenvalue weighted by atomic mass is 15.3. The van der Waals surface area contributed by atoms with Gasteiger partial charge in [0.15, 0.2) is 0 Å².